The third kappa shape index (κ3) is 5.07. The summed E-state index contributed by atoms with van der Waals surface area (Å²) in [6.07, 6.45) is -3.10. The predicted octanol–water partition coefficient (Wildman–Crippen LogP) is 2.20. The van der Waals surface area contributed by atoms with Gasteiger partial charge in [-0.15, -0.1) is 11.3 Å². The van der Waals surface area contributed by atoms with E-state index in [0.29, 0.717) is 6.54 Å². The summed E-state index contributed by atoms with van der Waals surface area (Å²) in [6, 6.07) is 3.70. The highest BCUT2D eigenvalue weighted by atomic mass is 32.1. The lowest BCUT2D eigenvalue weighted by Gasteiger charge is -2.05. The van der Waals surface area contributed by atoms with E-state index in [-0.39, 0.29) is 31.6 Å². The van der Waals surface area contributed by atoms with Gasteiger partial charge in [0.15, 0.2) is 5.69 Å². The van der Waals surface area contributed by atoms with Crippen molar-refractivity contribution >= 4 is 17.2 Å². The van der Waals surface area contributed by atoms with Gasteiger partial charge in [-0.05, 0) is 24.3 Å². The van der Waals surface area contributed by atoms with Gasteiger partial charge in [-0.3, -0.25) is 9.48 Å². The van der Waals surface area contributed by atoms with Crippen molar-refractivity contribution in [3.8, 4) is 0 Å². The van der Waals surface area contributed by atoms with Crippen molar-refractivity contribution in [2.75, 3.05) is 6.61 Å². The van der Waals surface area contributed by atoms with E-state index in [4.69, 9.17) is 5.11 Å². The number of hydrogen-bond acceptors (Lipinski definition) is 4. The fourth-order valence-corrected chi connectivity index (χ4v) is 2.68. The van der Waals surface area contributed by atoms with Gasteiger partial charge >= 0.3 is 6.18 Å². The number of amides is 1. The van der Waals surface area contributed by atoms with Gasteiger partial charge in [-0.25, -0.2) is 0 Å². The van der Waals surface area contributed by atoms with Gasteiger partial charge in [0.2, 0.25) is 5.91 Å². The van der Waals surface area contributed by atoms with Crippen molar-refractivity contribution in [1.29, 1.82) is 0 Å². The van der Waals surface area contributed by atoms with Gasteiger partial charge in [-0.1, -0.05) is 6.07 Å². The second-order valence-corrected chi connectivity index (χ2v) is 5.91. The minimum Gasteiger partial charge on any atom is -0.396 e. The van der Waals surface area contributed by atoms with Crippen LogP contribution in [0.5, 0.6) is 0 Å². The minimum absolute atomic E-state index is 0.0161. The number of halogens is 3. The molecule has 0 spiro atoms. The molecule has 0 bridgehead atoms. The maximum Gasteiger partial charge on any atom is 0.435 e. The summed E-state index contributed by atoms with van der Waals surface area (Å²) >= 11 is 1.48. The lowest BCUT2D eigenvalue weighted by atomic mass is 10.1. The van der Waals surface area contributed by atoms with Gasteiger partial charge in [-0.2, -0.15) is 18.3 Å². The molecule has 0 aliphatic rings. The van der Waals surface area contributed by atoms with Crippen LogP contribution >= 0.6 is 11.3 Å². The highest BCUT2D eigenvalue weighted by Gasteiger charge is 2.36. The first-order chi connectivity index (χ1) is 10.9. The molecule has 0 aromatic carbocycles. The second-order valence-electron chi connectivity index (χ2n) is 4.88. The summed E-state index contributed by atoms with van der Waals surface area (Å²) < 4.78 is 39.8. The molecule has 5 nitrogen and oxygen atoms in total. The van der Waals surface area contributed by atoms with Crippen LogP contribution in [-0.4, -0.2) is 27.4 Å². The minimum atomic E-state index is -4.58. The molecule has 9 heteroatoms. The summed E-state index contributed by atoms with van der Waals surface area (Å²) in [5.74, 6) is -0.414. The average molecular weight is 347 g/mol. The third-order valence-corrected chi connectivity index (χ3v) is 3.93. The largest absolute Gasteiger partial charge is 0.435 e. The highest BCUT2D eigenvalue weighted by Crippen LogP contribution is 2.31. The topological polar surface area (TPSA) is 67.2 Å². The molecule has 0 saturated heterocycles. The van der Waals surface area contributed by atoms with Crippen molar-refractivity contribution in [3.63, 3.8) is 0 Å². The molecule has 2 N–H and O–H groups in total. The molecule has 0 radical (unpaired) electrons. The Morgan fingerprint density at radius 2 is 2.22 bits per heavy atom. The van der Waals surface area contributed by atoms with E-state index in [1.165, 1.54) is 17.5 Å². The van der Waals surface area contributed by atoms with E-state index >= 15 is 0 Å². The summed E-state index contributed by atoms with van der Waals surface area (Å²) in [6.45, 7) is -0.154. The van der Waals surface area contributed by atoms with Crippen molar-refractivity contribution in [2.24, 2.45) is 0 Å². The van der Waals surface area contributed by atoms with Crippen molar-refractivity contribution < 1.29 is 23.1 Å². The number of aliphatic hydroxyl groups excluding tert-OH is 1. The molecule has 23 heavy (non-hydrogen) atoms. The van der Waals surface area contributed by atoms with E-state index < -0.39 is 17.8 Å². The van der Waals surface area contributed by atoms with E-state index in [9.17, 15) is 18.0 Å². The number of hydrogen-bond donors (Lipinski definition) is 2. The SMILES string of the molecule is O=C(Cn1cc(CCCO)c(C(F)(F)F)n1)NCc1cccs1. The van der Waals surface area contributed by atoms with Crippen LogP contribution in [0.1, 0.15) is 22.6 Å². The number of nitrogens with zero attached hydrogens (tertiary/aromatic N) is 2. The maximum atomic E-state index is 12.9. The zero-order valence-corrected chi connectivity index (χ0v) is 13.0. The van der Waals surface area contributed by atoms with Gasteiger partial charge < -0.3 is 10.4 Å². The first kappa shape index (κ1) is 17.5. The lowest BCUT2D eigenvalue weighted by Crippen LogP contribution is -2.27. The van der Waals surface area contributed by atoms with Gasteiger partial charge in [0.05, 0.1) is 6.54 Å². The van der Waals surface area contributed by atoms with E-state index in [1.807, 2.05) is 17.5 Å². The Morgan fingerprint density at radius 1 is 1.43 bits per heavy atom. The van der Waals surface area contributed by atoms with Crippen LogP contribution in [0.2, 0.25) is 0 Å². The smallest absolute Gasteiger partial charge is 0.396 e. The fourth-order valence-electron chi connectivity index (χ4n) is 2.04. The zero-order valence-electron chi connectivity index (χ0n) is 12.1. The van der Waals surface area contributed by atoms with Crippen LogP contribution < -0.4 is 5.32 Å². The molecule has 2 rings (SSSR count). The van der Waals surface area contributed by atoms with Crippen LogP contribution in [0, 0.1) is 0 Å². The number of aryl methyl sites for hydroxylation is 1. The number of carbonyl (C=O) groups excluding carboxylic acids is 1. The Labute approximate surface area is 134 Å². The van der Waals surface area contributed by atoms with Gasteiger partial charge in [0, 0.05) is 23.2 Å². The molecule has 0 fully saturated rings. The Balaban J connectivity index is 2.01. The van der Waals surface area contributed by atoms with Crippen molar-refractivity contribution in [1.82, 2.24) is 15.1 Å². The molecule has 2 heterocycles. The molecule has 0 aliphatic carbocycles. The summed E-state index contributed by atoms with van der Waals surface area (Å²) in [7, 11) is 0. The summed E-state index contributed by atoms with van der Waals surface area (Å²) in [5.41, 5.74) is -1.02. The summed E-state index contributed by atoms with van der Waals surface area (Å²) in [4.78, 5) is 12.8. The number of aliphatic hydroxyl groups is 1. The Bertz CT molecular complexity index is 638. The number of alkyl halides is 3. The van der Waals surface area contributed by atoms with E-state index in [2.05, 4.69) is 10.4 Å². The molecular formula is C14H16F3N3O2S. The molecule has 0 atom stereocenters. The molecule has 0 unspecified atom stereocenters. The van der Waals surface area contributed by atoms with Gasteiger partial charge in [0.1, 0.15) is 6.54 Å². The second kappa shape index (κ2) is 7.60. The quantitative estimate of drug-likeness (QED) is 0.807. The molecule has 2 aromatic rings. The fraction of sp³-hybridized carbons (Fsp3) is 0.429. The third-order valence-electron chi connectivity index (χ3n) is 3.06. The number of thiophene rings is 1. The normalized spacial score (nSPS) is 11.7. The monoisotopic (exact) mass is 347 g/mol. The zero-order chi connectivity index (χ0) is 16.9. The molecule has 0 saturated carbocycles. The number of rotatable bonds is 7. The Hall–Kier alpha value is -1.87. The van der Waals surface area contributed by atoms with Crippen LogP contribution in [0.4, 0.5) is 13.2 Å². The first-order valence-electron chi connectivity index (χ1n) is 6.93. The van der Waals surface area contributed by atoms with Crippen LogP contribution in [0.3, 0.4) is 0 Å². The van der Waals surface area contributed by atoms with Crippen LogP contribution in [0.15, 0.2) is 23.7 Å². The number of carbonyl (C=O) groups is 1. The predicted molar refractivity (Wildman–Crippen MR) is 78.8 cm³/mol. The number of aromatic nitrogens is 2. The first-order valence-corrected chi connectivity index (χ1v) is 7.81. The van der Waals surface area contributed by atoms with Gasteiger partial charge in [0.25, 0.3) is 0 Å². The van der Waals surface area contributed by atoms with Crippen molar-refractivity contribution in [2.45, 2.75) is 32.1 Å². The molecule has 2 aromatic heterocycles. The van der Waals surface area contributed by atoms with E-state index in [1.54, 1.807) is 0 Å². The highest BCUT2D eigenvalue weighted by molar-refractivity contribution is 7.09. The molecule has 1 amide bonds. The van der Waals surface area contributed by atoms with Crippen LogP contribution in [0.25, 0.3) is 0 Å². The maximum absolute atomic E-state index is 12.9. The lowest BCUT2D eigenvalue weighted by molar-refractivity contribution is -0.142. The molecule has 126 valence electrons. The average Bonchev–Trinajstić information content (AvgIpc) is 3.11. The Kier molecular flexibility index (Phi) is 5.78. The standard InChI is InChI=1S/C14H16F3N3O2S/c15-14(16,17)13-10(3-1-5-21)8-20(19-13)9-12(22)18-7-11-4-2-6-23-11/h2,4,6,8,21H,1,3,5,7,9H2,(H,18,22). The van der Waals surface area contributed by atoms with Crippen molar-refractivity contribution in [3.05, 3.63) is 39.8 Å². The van der Waals surface area contributed by atoms with E-state index in [0.717, 1.165) is 9.56 Å². The Morgan fingerprint density at radius 3 is 2.83 bits per heavy atom. The van der Waals surface area contributed by atoms with Crippen LogP contribution in [-0.2, 0) is 30.5 Å². The summed E-state index contributed by atoms with van der Waals surface area (Å²) in [5, 5.41) is 16.7. The number of nitrogens with one attached hydrogen (secondary N) is 1. The molecular weight excluding hydrogens is 331 g/mol. The molecule has 0 aliphatic heterocycles.